The Morgan fingerprint density at radius 1 is 1.14 bits per heavy atom. The number of aryl methyl sites for hydroxylation is 2. The van der Waals surface area contributed by atoms with Gasteiger partial charge in [0.1, 0.15) is 5.82 Å². The Kier molecular flexibility index (Phi) is 3.92. The van der Waals surface area contributed by atoms with Gasteiger partial charge in [0.25, 0.3) is 0 Å². The molecule has 0 spiro atoms. The molecule has 1 fully saturated rings. The topological polar surface area (TPSA) is 46.1 Å². The van der Waals surface area contributed by atoms with Crippen molar-refractivity contribution < 1.29 is 4.79 Å². The van der Waals surface area contributed by atoms with Gasteiger partial charge in [-0.05, 0) is 50.8 Å². The third-order valence-electron chi connectivity index (χ3n) is 4.36. The van der Waals surface area contributed by atoms with Crippen molar-refractivity contribution in [3.8, 4) is 0 Å². The van der Waals surface area contributed by atoms with Crippen LogP contribution in [0.15, 0.2) is 30.3 Å². The SMILES string of the molecule is Cc1nc(C)c(C)c(CC2CC(=O)N(c3ccccc3)C2)n1. The standard InChI is InChI=1S/C18H21N3O/c1-12-13(2)19-14(3)20-17(12)9-15-10-18(22)21(11-15)16-7-5-4-6-8-16/h4-8,15H,9-11H2,1-3H3. The molecule has 1 aromatic carbocycles. The van der Waals surface area contributed by atoms with Crippen molar-refractivity contribution in [2.45, 2.75) is 33.6 Å². The van der Waals surface area contributed by atoms with Crippen molar-refractivity contribution in [1.82, 2.24) is 9.97 Å². The van der Waals surface area contributed by atoms with Crippen LogP contribution in [0.1, 0.15) is 29.2 Å². The minimum Gasteiger partial charge on any atom is -0.312 e. The summed E-state index contributed by atoms with van der Waals surface area (Å²) in [5.74, 6) is 1.33. The largest absolute Gasteiger partial charge is 0.312 e. The maximum absolute atomic E-state index is 12.3. The summed E-state index contributed by atoms with van der Waals surface area (Å²) in [5, 5.41) is 0. The number of hydrogen-bond acceptors (Lipinski definition) is 3. The van der Waals surface area contributed by atoms with Crippen LogP contribution < -0.4 is 4.90 Å². The van der Waals surface area contributed by atoms with E-state index in [0.29, 0.717) is 12.3 Å². The lowest BCUT2D eigenvalue weighted by molar-refractivity contribution is -0.117. The highest BCUT2D eigenvalue weighted by molar-refractivity contribution is 5.95. The Morgan fingerprint density at radius 2 is 1.86 bits per heavy atom. The van der Waals surface area contributed by atoms with Gasteiger partial charge in [0.05, 0.1) is 0 Å². The Bertz CT molecular complexity index is 697. The van der Waals surface area contributed by atoms with E-state index in [1.807, 2.05) is 49.1 Å². The Hall–Kier alpha value is -2.23. The molecular weight excluding hydrogens is 274 g/mol. The molecule has 22 heavy (non-hydrogen) atoms. The van der Waals surface area contributed by atoms with Gasteiger partial charge in [-0.15, -0.1) is 0 Å². The van der Waals surface area contributed by atoms with Gasteiger partial charge in [-0.3, -0.25) is 4.79 Å². The van der Waals surface area contributed by atoms with Crippen molar-refractivity contribution >= 4 is 11.6 Å². The average molecular weight is 295 g/mol. The molecule has 114 valence electrons. The number of benzene rings is 1. The lowest BCUT2D eigenvalue weighted by Crippen LogP contribution is -2.24. The molecule has 1 aliphatic heterocycles. The molecule has 0 bridgehead atoms. The van der Waals surface area contributed by atoms with Gasteiger partial charge in [0, 0.05) is 30.0 Å². The second-order valence-corrected chi connectivity index (χ2v) is 6.04. The third-order valence-corrected chi connectivity index (χ3v) is 4.36. The minimum absolute atomic E-state index is 0.205. The van der Waals surface area contributed by atoms with E-state index in [0.717, 1.165) is 41.4 Å². The van der Waals surface area contributed by atoms with Crippen LogP contribution in [0.5, 0.6) is 0 Å². The Morgan fingerprint density at radius 3 is 2.59 bits per heavy atom. The highest BCUT2D eigenvalue weighted by Gasteiger charge is 2.31. The van der Waals surface area contributed by atoms with Gasteiger partial charge in [-0.25, -0.2) is 9.97 Å². The number of hydrogen-bond donors (Lipinski definition) is 0. The summed E-state index contributed by atoms with van der Waals surface area (Å²) in [6.07, 6.45) is 1.43. The second-order valence-electron chi connectivity index (χ2n) is 6.04. The molecule has 0 saturated carbocycles. The molecule has 1 amide bonds. The fourth-order valence-electron chi connectivity index (χ4n) is 3.09. The summed E-state index contributed by atoms with van der Waals surface area (Å²) in [6.45, 7) is 6.77. The predicted molar refractivity (Wildman–Crippen MR) is 86.8 cm³/mol. The van der Waals surface area contributed by atoms with E-state index in [9.17, 15) is 4.79 Å². The van der Waals surface area contributed by atoms with E-state index in [4.69, 9.17) is 0 Å². The highest BCUT2D eigenvalue weighted by Crippen LogP contribution is 2.27. The summed E-state index contributed by atoms with van der Waals surface area (Å²) in [5.41, 5.74) is 4.25. The molecule has 4 heteroatoms. The van der Waals surface area contributed by atoms with Crippen LogP contribution in [0, 0.1) is 26.7 Å². The molecule has 1 aromatic heterocycles. The number of rotatable bonds is 3. The van der Waals surface area contributed by atoms with Crippen LogP contribution in [0.4, 0.5) is 5.69 Å². The molecule has 3 rings (SSSR count). The van der Waals surface area contributed by atoms with E-state index < -0.39 is 0 Å². The first kappa shape index (κ1) is 14.7. The number of para-hydroxylation sites is 1. The van der Waals surface area contributed by atoms with Crippen molar-refractivity contribution in [2.75, 3.05) is 11.4 Å². The summed E-state index contributed by atoms with van der Waals surface area (Å²) < 4.78 is 0. The summed E-state index contributed by atoms with van der Waals surface area (Å²) in [7, 11) is 0. The molecule has 2 aromatic rings. The number of anilines is 1. The van der Waals surface area contributed by atoms with Gasteiger partial charge in [-0.1, -0.05) is 18.2 Å². The van der Waals surface area contributed by atoms with Crippen LogP contribution in [-0.4, -0.2) is 22.4 Å². The summed E-state index contributed by atoms with van der Waals surface area (Å²) in [4.78, 5) is 23.2. The maximum Gasteiger partial charge on any atom is 0.227 e. The van der Waals surface area contributed by atoms with Crippen LogP contribution in [0.3, 0.4) is 0 Å². The zero-order valence-electron chi connectivity index (χ0n) is 13.3. The number of amides is 1. The van der Waals surface area contributed by atoms with Crippen LogP contribution in [-0.2, 0) is 11.2 Å². The quantitative estimate of drug-likeness (QED) is 0.874. The van der Waals surface area contributed by atoms with E-state index in [-0.39, 0.29) is 5.91 Å². The summed E-state index contributed by atoms with van der Waals surface area (Å²) in [6, 6.07) is 9.89. The highest BCUT2D eigenvalue weighted by atomic mass is 16.2. The fourth-order valence-corrected chi connectivity index (χ4v) is 3.09. The van der Waals surface area contributed by atoms with Gasteiger partial charge >= 0.3 is 0 Å². The molecule has 4 nitrogen and oxygen atoms in total. The second kappa shape index (κ2) is 5.87. The molecule has 1 saturated heterocycles. The van der Waals surface area contributed by atoms with Crippen LogP contribution in [0.25, 0.3) is 0 Å². The van der Waals surface area contributed by atoms with Gasteiger partial charge in [-0.2, -0.15) is 0 Å². The van der Waals surface area contributed by atoms with Gasteiger partial charge in [0.2, 0.25) is 5.91 Å². The molecule has 0 aliphatic carbocycles. The van der Waals surface area contributed by atoms with Gasteiger partial charge in [0.15, 0.2) is 0 Å². The molecule has 2 heterocycles. The molecule has 0 radical (unpaired) electrons. The smallest absolute Gasteiger partial charge is 0.227 e. The van der Waals surface area contributed by atoms with E-state index in [2.05, 4.69) is 16.9 Å². The first-order valence-electron chi connectivity index (χ1n) is 7.70. The molecule has 0 N–H and O–H groups in total. The zero-order chi connectivity index (χ0) is 15.7. The molecular formula is C18H21N3O. The van der Waals surface area contributed by atoms with Crippen molar-refractivity contribution in [3.05, 3.63) is 53.1 Å². The van der Waals surface area contributed by atoms with Crippen molar-refractivity contribution in [3.63, 3.8) is 0 Å². The Balaban J connectivity index is 1.77. The van der Waals surface area contributed by atoms with Crippen molar-refractivity contribution in [1.29, 1.82) is 0 Å². The van der Waals surface area contributed by atoms with E-state index in [1.165, 1.54) is 0 Å². The normalized spacial score (nSPS) is 18.0. The lowest BCUT2D eigenvalue weighted by atomic mass is 9.99. The first-order valence-corrected chi connectivity index (χ1v) is 7.70. The van der Waals surface area contributed by atoms with Crippen LogP contribution in [0.2, 0.25) is 0 Å². The van der Waals surface area contributed by atoms with E-state index >= 15 is 0 Å². The molecule has 1 atom stereocenters. The number of aromatic nitrogens is 2. The number of carbonyl (C=O) groups excluding carboxylic acids is 1. The first-order chi connectivity index (χ1) is 10.5. The van der Waals surface area contributed by atoms with Crippen LogP contribution >= 0.6 is 0 Å². The zero-order valence-corrected chi connectivity index (χ0v) is 13.3. The minimum atomic E-state index is 0.205. The number of carbonyl (C=O) groups is 1. The fraction of sp³-hybridized carbons (Fsp3) is 0.389. The van der Waals surface area contributed by atoms with Gasteiger partial charge < -0.3 is 4.90 Å². The number of nitrogens with zero attached hydrogens (tertiary/aromatic N) is 3. The lowest BCUT2D eigenvalue weighted by Gasteiger charge is -2.17. The van der Waals surface area contributed by atoms with Crippen molar-refractivity contribution in [2.24, 2.45) is 5.92 Å². The maximum atomic E-state index is 12.3. The third kappa shape index (κ3) is 2.86. The monoisotopic (exact) mass is 295 g/mol. The molecule has 1 aliphatic rings. The molecule has 1 unspecified atom stereocenters. The predicted octanol–water partition coefficient (Wildman–Crippen LogP) is 3.00. The average Bonchev–Trinajstić information content (AvgIpc) is 2.86. The Labute approximate surface area is 131 Å². The summed E-state index contributed by atoms with van der Waals surface area (Å²) >= 11 is 0. The van der Waals surface area contributed by atoms with E-state index in [1.54, 1.807) is 0 Å².